The summed E-state index contributed by atoms with van der Waals surface area (Å²) in [5.74, 6) is 0. The molecule has 3 aromatic heterocycles. The van der Waals surface area contributed by atoms with E-state index in [2.05, 4.69) is 185 Å². The van der Waals surface area contributed by atoms with Crippen LogP contribution in [0.15, 0.2) is 218 Å². The van der Waals surface area contributed by atoms with Gasteiger partial charge in [0.05, 0.1) is 27.6 Å². The van der Waals surface area contributed by atoms with Gasteiger partial charge in [-0.15, -0.1) is 0 Å². The molecule has 0 fully saturated rings. The van der Waals surface area contributed by atoms with Gasteiger partial charge in [0.25, 0.3) is 0 Å². The molecule has 0 spiro atoms. The fraction of sp³-hybridized carbons (Fsp3) is 0. The number of nitrogens with two attached hydrogens (primary N) is 1. The topological polar surface area (TPSA) is 35.4 Å². The molecular formula is C54H37N3. The van der Waals surface area contributed by atoms with Gasteiger partial charge in [-0.1, -0.05) is 158 Å². The summed E-state index contributed by atoms with van der Waals surface area (Å²) in [6.07, 6.45) is 20.2. The molecule has 3 heteroatoms. The van der Waals surface area contributed by atoms with E-state index in [4.69, 9.17) is 5.73 Å². The van der Waals surface area contributed by atoms with Crippen LogP contribution in [0, 0.1) is 0 Å². The van der Waals surface area contributed by atoms with Crippen LogP contribution in [-0.2, 0) is 0 Å². The molecule has 1 aliphatic carbocycles. The molecule has 0 radical (unpaired) electrons. The Morgan fingerprint density at radius 2 is 1.00 bits per heavy atom. The Morgan fingerprint density at radius 3 is 1.81 bits per heavy atom. The van der Waals surface area contributed by atoms with Gasteiger partial charge in [-0.2, -0.15) is 0 Å². The van der Waals surface area contributed by atoms with Crippen molar-refractivity contribution in [2.75, 3.05) is 0 Å². The van der Waals surface area contributed by atoms with E-state index >= 15 is 0 Å². The summed E-state index contributed by atoms with van der Waals surface area (Å²) in [5.41, 5.74) is 21.4. The molecule has 0 amide bonds. The van der Waals surface area contributed by atoms with E-state index in [9.17, 15) is 0 Å². The lowest BCUT2D eigenvalue weighted by Gasteiger charge is -2.15. The summed E-state index contributed by atoms with van der Waals surface area (Å²) in [6, 6.07) is 55.6. The van der Waals surface area contributed by atoms with E-state index in [1.165, 1.54) is 76.7 Å². The first-order valence-electron chi connectivity index (χ1n) is 19.5. The molecule has 57 heavy (non-hydrogen) atoms. The molecular weight excluding hydrogens is 691 g/mol. The van der Waals surface area contributed by atoms with Gasteiger partial charge in [-0.3, -0.25) is 0 Å². The van der Waals surface area contributed by atoms with Crippen LogP contribution in [-0.4, -0.2) is 8.97 Å². The van der Waals surface area contributed by atoms with E-state index in [0.717, 1.165) is 27.8 Å². The number of hydrogen-bond donors (Lipinski definition) is 1. The molecule has 268 valence electrons. The van der Waals surface area contributed by atoms with Gasteiger partial charge in [0.15, 0.2) is 0 Å². The van der Waals surface area contributed by atoms with Crippen LogP contribution in [0.4, 0.5) is 0 Å². The van der Waals surface area contributed by atoms with E-state index in [0.29, 0.717) is 0 Å². The Morgan fingerprint density at radius 1 is 0.404 bits per heavy atom. The van der Waals surface area contributed by atoms with Gasteiger partial charge in [0, 0.05) is 44.2 Å². The standard InChI is InChI=1S/C54H37N3/c55-35-39-16-7-4-2-1-3-5-10-19-42(39)43-21-12-11-20-41(43)38-26-29-45-46-23-15-24-47-49-33-37(28-31-52(49)57(54(46)47)53(45)34-38)36-27-30-51-48(32-36)44-22-13-14-25-50(44)56(51)40-17-8-6-9-18-40/h1-35H,55H2/b3-1+,4-2-,10-5-,16-7+,39-35-,42-19-. The quantitative estimate of drug-likeness (QED) is 0.192. The van der Waals surface area contributed by atoms with Crippen molar-refractivity contribution in [2.24, 2.45) is 5.73 Å². The zero-order valence-corrected chi connectivity index (χ0v) is 31.2. The van der Waals surface area contributed by atoms with Crippen molar-refractivity contribution in [2.45, 2.75) is 0 Å². The summed E-state index contributed by atoms with van der Waals surface area (Å²) >= 11 is 0. The molecule has 0 bridgehead atoms. The van der Waals surface area contributed by atoms with Crippen molar-refractivity contribution in [1.29, 1.82) is 0 Å². The number of fused-ring (bicyclic) bond motifs is 9. The lowest BCUT2D eigenvalue weighted by atomic mass is 9.89. The van der Waals surface area contributed by atoms with Crippen LogP contribution in [0.1, 0.15) is 5.56 Å². The maximum Gasteiger partial charge on any atom is 0.0620 e. The second-order valence-corrected chi connectivity index (χ2v) is 14.7. The molecule has 10 aromatic rings. The van der Waals surface area contributed by atoms with Crippen molar-refractivity contribution < 1.29 is 0 Å². The number of nitrogens with zero attached hydrogens (tertiary/aromatic N) is 2. The van der Waals surface area contributed by atoms with Gasteiger partial charge in [0.2, 0.25) is 0 Å². The number of aromatic nitrogens is 2. The van der Waals surface area contributed by atoms with Crippen molar-refractivity contribution in [3.8, 4) is 27.9 Å². The molecule has 0 atom stereocenters. The highest BCUT2D eigenvalue weighted by Gasteiger charge is 2.20. The molecule has 0 saturated carbocycles. The number of benzene rings is 7. The van der Waals surface area contributed by atoms with E-state index in [-0.39, 0.29) is 0 Å². The lowest BCUT2D eigenvalue weighted by molar-refractivity contribution is 1.18. The van der Waals surface area contributed by atoms with Crippen molar-refractivity contribution in [1.82, 2.24) is 8.97 Å². The third kappa shape index (κ3) is 5.21. The van der Waals surface area contributed by atoms with Crippen LogP contribution >= 0.6 is 0 Å². The predicted molar refractivity (Wildman–Crippen MR) is 243 cm³/mol. The van der Waals surface area contributed by atoms with Gasteiger partial charge in [-0.25, -0.2) is 0 Å². The highest BCUT2D eigenvalue weighted by molar-refractivity contribution is 6.24. The normalized spacial score (nSPS) is 17.4. The second-order valence-electron chi connectivity index (χ2n) is 14.7. The van der Waals surface area contributed by atoms with Crippen LogP contribution in [0.2, 0.25) is 0 Å². The van der Waals surface area contributed by atoms with Crippen molar-refractivity contribution in [3.05, 3.63) is 224 Å². The molecule has 7 aromatic carbocycles. The average molecular weight is 728 g/mol. The van der Waals surface area contributed by atoms with Gasteiger partial charge in [-0.05, 0) is 87.5 Å². The third-order valence-corrected chi connectivity index (χ3v) is 11.6. The minimum atomic E-state index is 0.960. The number of rotatable bonds is 4. The maximum atomic E-state index is 6.27. The minimum absolute atomic E-state index is 0.960. The Labute approximate surface area is 330 Å². The zero-order chi connectivity index (χ0) is 37.9. The molecule has 0 unspecified atom stereocenters. The van der Waals surface area contributed by atoms with Crippen LogP contribution in [0.25, 0.3) is 93.4 Å². The zero-order valence-electron chi connectivity index (χ0n) is 31.2. The smallest absolute Gasteiger partial charge is 0.0620 e. The minimum Gasteiger partial charge on any atom is -0.404 e. The first kappa shape index (κ1) is 32.8. The molecule has 11 rings (SSSR count). The SMILES string of the molecule is N/C=C1/C=C/C=C\C=C\C=C/C=C/1c1ccccc1-c1ccc2c3cccc4c5cc(-c6ccc7c(c6)c6ccccc6n7-c6ccccc6)ccc5n(c2c1)c43. The average Bonchev–Trinajstić information content (AvgIpc) is 3.89. The van der Waals surface area contributed by atoms with E-state index in [1.807, 2.05) is 30.4 Å². The molecule has 0 saturated heterocycles. The predicted octanol–water partition coefficient (Wildman–Crippen LogP) is 13.7. The fourth-order valence-electron chi connectivity index (χ4n) is 9.01. The van der Waals surface area contributed by atoms with Crippen molar-refractivity contribution in [3.63, 3.8) is 0 Å². The Balaban J connectivity index is 1.07. The Kier molecular flexibility index (Phi) is 7.65. The van der Waals surface area contributed by atoms with Crippen LogP contribution in [0.5, 0.6) is 0 Å². The molecule has 2 N–H and O–H groups in total. The Bertz CT molecular complexity index is 3400. The van der Waals surface area contributed by atoms with Crippen molar-refractivity contribution >= 4 is 65.5 Å². The monoisotopic (exact) mass is 727 g/mol. The highest BCUT2D eigenvalue weighted by atomic mass is 15.0. The summed E-state index contributed by atoms with van der Waals surface area (Å²) < 4.78 is 4.85. The van der Waals surface area contributed by atoms with E-state index < -0.39 is 0 Å². The summed E-state index contributed by atoms with van der Waals surface area (Å²) in [5, 5.41) is 7.57. The summed E-state index contributed by atoms with van der Waals surface area (Å²) in [7, 11) is 0. The summed E-state index contributed by atoms with van der Waals surface area (Å²) in [6.45, 7) is 0. The maximum absolute atomic E-state index is 6.27. The first-order valence-corrected chi connectivity index (χ1v) is 19.5. The number of hydrogen-bond acceptors (Lipinski definition) is 1. The molecule has 3 nitrogen and oxygen atoms in total. The molecule has 0 aliphatic heterocycles. The highest BCUT2D eigenvalue weighted by Crippen LogP contribution is 2.43. The van der Waals surface area contributed by atoms with Crippen LogP contribution < -0.4 is 5.73 Å². The van der Waals surface area contributed by atoms with Crippen LogP contribution in [0.3, 0.4) is 0 Å². The number of allylic oxidation sites excluding steroid dienone is 11. The van der Waals surface area contributed by atoms with Gasteiger partial charge in [0.1, 0.15) is 0 Å². The van der Waals surface area contributed by atoms with Gasteiger partial charge < -0.3 is 14.7 Å². The first-order chi connectivity index (χ1) is 28.3. The largest absolute Gasteiger partial charge is 0.404 e. The second kappa shape index (κ2) is 13.3. The Hall–Kier alpha value is -7.62. The molecule has 3 heterocycles. The van der Waals surface area contributed by atoms with E-state index in [1.54, 1.807) is 6.20 Å². The molecule has 1 aliphatic rings. The summed E-state index contributed by atoms with van der Waals surface area (Å²) in [4.78, 5) is 0. The number of para-hydroxylation sites is 3. The fourth-order valence-corrected chi connectivity index (χ4v) is 9.01. The third-order valence-electron chi connectivity index (χ3n) is 11.6. The van der Waals surface area contributed by atoms with Gasteiger partial charge >= 0.3 is 0 Å². The lowest BCUT2D eigenvalue weighted by Crippen LogP contribution is -1.95.